The van der Waals surface area contributed by atoms with Crippen molar-refractivity contribution in [3.63, 3.8) is 0 Å². The molecule has 3 aromatic rings. The van der Waals surface area contributed by atoms with Gasteiger partial charge >= 0.3 is 0 Å². The second kappa shape index (κ2) is 10.3. The number of ether oxygens (including phenoxy) is 2. The van der Waals surface area contributed by atoms with Gasteiger partial charge < -0.3 is 24.8 Å². The maximum Gasteiger partial charge on any atom is 0.237 e. The van der Waals surface area contributed by atoms with Crippen LogP contribution in [-0.2, 0) is 11.2 Å². The summed E-state index contributed by atoms with van der Waals surface area (Å²) in [7, 11) is 1.47. The lowest BCUT2D eigenvalue weighted by Crippen LogP contribution is -2.46. The van der Waals surface area contributed by atoms with Crippen molar-refractivity contribution in [3.05, 3.63) is 59.7 Å². The predicted molar refractivity (Wildman–Crippen MR) is 133 cm³/mol. The first-order valence-electron chi connectivity index (χ1n) is 12.3. The van der Waals surface area contributed by atoms with Crippen LogP contribution in [0.3, 0.4) is 0 Å². The largest absolute Gasteiger partial charge is 0.456 e. The average molecular weight is 492 g/mol. The van der Waals surface area contributed by atoms with E-state index in [0.717, 1.165) is 61.2 Å². The number of benzene rings is 2. The van der Waals surface area contributed by atoms with E-state index in [1.165, 1.54) is 25.3 Å². The Hall–Kier alpha value is -3.45. The molecule has 8 nitrogen and oxygen atoms in total. The number of hydrogen-bond donors (Lipinski definition) is 2. The van der Waals surface area contributed by atoms with Crippen molar-refractivity contribution < 1.29 is 19.0 Å². The lowest BCUT2D eigenvalue weighted by Gasteiger charge is -2.40. The van der Waals surface area contributed by atoms with Crippen LogP contribution in [0.4, 0.5) is 10.1 Å². The summed E-state index contributed by atoms with van der Waals surface area (Å²) in [6.07, 6.45) is 6.33. The van der Waals surface area contributed by atoms with Crippen LogP contribution in [0.25, 0.3) is 11.1 Å². The molecule has 1 unspecified atom stereocenters. The van der Waals surface area contributed by atoms with Crippen molar-refractivity contribution in [2.75, 3.05) is 25.1 Å². The van der Waals surface area contributed by atoms with E-state index in [4.69, 9.17) is 9.47 Å². The van der Waals surface area contributed by atoms with Gasteiger partial charge in [-0.25, -0.2) is 4.39 Å². The summed E-state index contributed by atoms with van der Waals surface area (Å²) >= 11 is 0. The zero-order valence-corrected chi connectivity index (χ0v) is 20.4. The van der Waals surface area contributed by atoms with E-state index in [1.807, 2.05) is 47.1 Å². The number of anilines is 1. The summed E-state index contributed by atoms with van der Waals surface area (Å²) in [4.78, 5) is 1.83. The molecule has 3 heterocycles. The molecule has 36 heavy (non-hydrogen) atoms. The van der Waals surface area contributed by atoms with E-state index < -0.39 is 12.2 Å². The number of aliphatic hydroxyl groups excluding tert-OH is 1. The Kier molecular flexibility index (Phi) is 6.92. The van der Waals surface area contributed by atoms with E-state index >= 15 is 0 Å². The van der Waals surface area contributed by atoms with Crippen LogP contribution in [0.2, 0.25) is 0 Å². The van der Waals surface area contributed by atoms with Gasteiger partial charge in [-0.1, -0.05) is 0 Å². The SMILES string of the molecule is COC(O)N1c2ccc(-c3cnn(C4CCNCC4)c3)c(Oc3ccc(F)c(C#N)c3)c2CC[C@@H]1C. The molecule has 0 radical (unpaired) electrons. The first kappa shape index (κ1) is 24.3. The topological polar surface area (TPSA) is 95.6 Å². The van der Waals surface area contributed by atoms with E-state index in [-0.39, 0.29) is 11.6 Å². The van der Waals surface area contributed by atoms with Crippen molar-refractivity contribution in [2.45, 2.75) is 51.1 Å². The van der Waals surface area contributed by atoms with Crippen LogP contribution in [0.15, 0.2) is 42.7 Å². The molecule has 2 aliphatic heterocycles. The van der Waals surface area contributed by atoms with E-state index in [0.29, 0.717) is 17.5 Å². The Labute approximate surface area is 209 Å². The number of piperidine rings is 1. The number of aliphatic hydroxyl groups is 1. The maximum atomic E-state index is 14.0. The van der Waals surface area contributed by atoms with E-state index in [9.17, 15) is 14.8 Å². The van der Waals surface area contributed by atoms with Crippen molar-refractivity contribution in [1.82, 2.24) is 15.1 Å². The molecular formula is C27H30FN5O3. The van der Waals surface area contributed by atoms with Crippen LogP contribution < -0.4 is 15.0 Å². The molecule has 2 aliphatic rings. The highest BCUT2D eigenvalue weighted by atomic mass is 19.1. The predicted octanol–water partition coefficient (Wildman–Crippen LogP) is 4.34. The number of nitrogens with zero attached hydrogens (tertiary/aromatic N) is 4. The zero-order valence-electron chi connectivity index (χ0n) is 20.4. The Morgan fingerprint density at radius 3 is 2.78 bits per heavy atom. The van der Waals surface area contributed by atoms with Gasteiger partial charge in [0.25, 0.3) is 0 Å². The first-order chi connectivity index (χ1) is 17.5. The van der Waals surface area contributed by atoms with Gasteiger partial charge in [0.05, 0.1) is 17.8 Å². The number of aromatic nitrogens is 2. The highest BCUT2D eigenvalue weighted by Crippen LogP contribution is 2.45. The van der Waals surface area contributed by atoms with Gasteiger partial charge in [-0.3, -0.25) is 4.68 Å². The highest BCUT2D eigenvalue weighted by molar-refractivity contribution is 5.78. The standard InChI is InChI=1S/C27H30FN5O3/c1-17-3-5-23-25(33(17)27(34)35-2)8-6-22(19-15-31-32(16-19)20-9-11-30-12-10-20)26(23)36-21-4-7-24(28)18(13-21)14-29/h4,6-8,13,15-17,20,27,30,34H,3,5,9-12H2,1-2H3/t17-,27?/m0/s1. The molecule has 2 aromatic carbocycles. The molecule has 0 bridgehead atoms. The fourth-order valence-electron chi connectivity index (χ4n) is 5.14. The quantitative estimate of drug-likeness (QED) is 0.495. The minimum Gasteiger partial charge on any atom is -0.456 e. The van der Waals surface area contributed by atoms with Crippen LogP contribution in [0.5, 0.6) is 11.5 Å². The summed E-state index contributed by atoms with van der Waals surface area (Å²) in [5.74, 6) is 0.380. The molecule has 5 rings (SSSR count). The van der Waals surface area contributed by atoms with Gasteiger partial charge in [0.2, 0.25) is 6.41 Å². The summed E-state index contributed by atoms with van der Waals surface area (Å²) in [6, 6.07) is 10.4. The highest BCUT2D eigenvalue weighted by Gasteiger charge is 2.32. The van der Waals surface area contributed by atoms with Gasteiger partial charge in [0.1, 0.15) is 23.4 Å². The molecule has 0 aliphatic carbocycles. The summed E-state index contributed by atoms with van der Waals surface area (Å²) < 4.78 is 27.7. The number of hydrogen-bond acceptors (Lipinski definition) is 7. The molecule has 2 atom stereocenters. The second-order valence-corrected chi connectivity index (χ2v) is 9.34. The van der Waals surface area contributed by atoms with E-state index in [2.05, 4.69) is 10.4 Å². The first-order valence-corrected chi connectivity index (χ1v) is 12.3. The monoisotopic (exact) mass is 491 g/mol. The van der Waals surface area contributed by atoms with Gasteiger partial charge in [-0.2, -0.15) is 10.4 Å². The lowest BCUT2D eigenvalue weighted by molar-refractivity contribution is -0.0795. The van der Waals surface area contributed by atoms with Crippen LogP contribution >= 0.6 is 0 Å². The Bertz CT molecular complexity index is 1280. The second-order valence-electron chi connectivity index (χ2n) is 9.34. The minimum absolute atomic E-state index is 0.0600. The number of methoxy groups -OCH3 is 1. The zero-order chi connectivity index (χ0) is 25.2. The average Bonchev–Trinajstić information content (AvgIpc) is 3.40. The fourth-order valence-corrected chi connectivity index (χ4v) is 5.14. The Morgan fingerprint density at radius 1 is 1.22 bits per heavy atom. The molecule has 0 amide bonds. The molecule has 1 aromatic heterocycles. The van der Waals surface area contributed by atoms with Crippen molar-refractivity contribution in [2.24, 2.45) is 0 Å². The van der Waals surface area contributed by atoms with Crippen LogP contribution in [0.1, 0.15) is 43.4 Å². The summed E-state index contributed by atoms with van der Waals surface area (Å²) in [5.41, 5.74) is 3.40. The maximum absolute atomic E-state index is 14.0. The molecule has 9 heteroatoms. The molecular weight excluding hydrogens is 461 g/mol. The van der Waals surface area contributed by atoms with Gasteiger partial charge in [0.15, 0.2) is 0 Å². The van der Waals surface area contributed by atoms with Gasteiger partial charge in [-0.05, 0) is 70.0 Å². The van der Waals surface area contributed by atoms with Crippen molar-refractivity contribution in [3.8, 4) is 28.7 Å². The molecule has 188 valence electrons. The number of rotatable bonds is 6. The summed E-state index contributed by atoms with van der Waals surface area (Å²) in [6.45, 7) is 3.98. The van der Waals surface area contributed by atoms with E-state index in [1.54, 1.807) is 0 Å². The Morgan fingerprint density at radius 2 is 2.03 bits per heavy atom. The molecule has 1 saturated heterocycles. The number of nitriles is 1. The van der Waals surface area contributed by atoms with Crippen LogP contribution in [0, 0.1) is 17.1 Å². The number of nitrogens with one attached hydrogen (secondary N) is 1. The third kappa shape index (κ3) is 4.55. The third-order valence-electron chi connectivity index (χ3n) is 7.12. The number of fused-ring (bicyclic) bond motifs is 1. The molecule has 1 fully saturated rings. The number of halogens is 1. The lowest BCUT2D eigenvalue weighted by atomic mass is 9.92. The van der Waals surface area contributed by atoms with Crippen molar-refractivity contribution in [1.29, 1.82) is 5.26 Å². The normalized spacial score (nSPS) is 19.0. The molecule has 2 N–H and O–H groups in total. The van der Waals surface area contributed by atoms with Crippen molar-refractivity contribution >= 4 is 5.69 Å². The molecule has 0 spiro atoms. The minimum atomic E-state index is -1.10. The smallest absolute Gasteiger partial charge is 0.237 e. The Balaban J connectivity index is 1.61. The summed E-state index contributed by atoms with van der Waals surface area (Å²) in [5, 5.41) is 27.9. The van der Waals surface area contributed by atoms with Gasteiger partial charge in [-0.15, -0.1) is 0 Å². The van der Waals surface area contributed by atoms with Gasteiger partial charge in [0, 0.05) is 47.8 Å². The third-order valence-corrected chi connectivity index (χ3v) is 7.12. The molecule has 0 saturated carbocycles. The fraction of sp³-hybridized carbons (Fsp3) is 0.407. The van der Waals surface area contributed by atoms with Crippen LogP contribution in [-0.4, -0.2) is 47.5 Å².